The normalized spacial score (nSPS) is 11.3. The second-order valence-electron chi connectivity index (χ2n) is 4.94. The Balaban J connectivity index is 2.09. The molecular weight excluding hydrogens is 347 g/mol. The number of thiophene rings is 1. The van der Waals surface area contributed by atoms with Crippen molar-refractivity contribution in [2.24, 2.45) is 0 Å². The molecule has 3 heteroatoms. The number of fused-ring (bicyclic) bond motifs is 3. The smallest absolute Gasteiger partial charge is 0.124 e. The van der Waals surface area contributed by atoms with Crippen LogP contribution in [0.4, 0.5) is 4.39 Å². The van der Waals surface area contributed by atoms with Crippen molar-refractivity contribution < 1.29 is 4.39 Å². The van der Waals surface area contributed by atoms with Crippen molar-refractivity contribution in [3.05, 3.63) is 71.0 Å². The van der Waals surface area contributed by atoms with Crippen LogP contribution < -0.4 is 0 Å². The molecule has 0 amide bonds. The third-order valence-corrected chi connectivity index (χ3v) is 5.26. The van der Waals surface area contributed by atoms with Gasteiger partial charge in [-0.15, -0.1) is 11.3 Å². The lowest BCUT2D eigenvalue weighted by Crippen LogP contribution is -1.81. The quantitative estimate of drug-likeness (QED) is 0.359. The summed E-state index contributed by atoms with van der Waals surface area (Å²) in [5.41, 5.74) is 1.98. The fourth-order valence-electron chi connectivity index (χ4n) is 2.68. The minimum Gasteiger partial charge on any atom is -0.207 e. The van der Waals surface area contributed by atoms with Gasteiger partial charge in [0.05, 0.1) is 0 Å². The minimum absolute atomic E-state index is 0.225. The van der Waals surface area contributed by atoms with Crippen LogP contribution >= 0.6 is 27.3 Å². The van der Waals surface area contributed by atoms with Crippen LogP contribution in [0.2, 0.25) is 0 Å². The molecule has 102 valence electrons. The van der Waals surface area contributed by atoms with Crippen molar-refractivity contribution in [3.8, 4) is 11.1 Å². The molecule has 0 aliphatic rings. The Labute approximate surface area is 134 Å². The summed E-state index contributed by atoms with van der Waals surface area (Å²) < 4.78 is 16.9. The largest absolute Gasteiger partial charge is 0.207 e. The van der Waals surface area contributed by atoms with E-state index in [1.54, 1.807) is 17.4 Å². The van der Waals surface area contributed by atoms with Crippen LogP contribution in [-0.4, -0.2) is 0 Å². The third kappa shape index (κ3) is 2.17. The van der Waals surface area contributed by atoms with Crippen molar-refractivity contribution in [1.29, 1.82) is 0 Å². The number of halogens is 2. The minimum atomic E-state index is -0.225. The second kappa shape index (κ2) is 4.93. The van der Waals surface area contributed by atoms with Crippen molar-refractivity contribution in [2.45, 2.75) is 0 Å². The second-order valence-corrected chi connectivity index (χ2v) is 6.91. The molecule has 0 atom stereocenters. The monoisotopic (exact) mass is 356 g/mol. The van der Waals surface area contributed by atoms with Gasteiger partial charge in [0.1, 0.15) is 5.82 Å². The Kier molecular flexibility index (Phi) is 3.05. The zero-order valence-corrected chi connectivity index (χ0v) is 13.3. The molecule has 4 aromatic rings. The van der Waals surface area contributed by atoms with E-state index in [1.165, 1.54) is 26.2 Å². The zero-order valence-electron chi connectivity index (χ0n) is 10.9. The SMILES string of the molecule is Fc1cc(Br)cc(-c2cccc3c2sc2ccccc23)c1. The Morgan fingerprint density at radius 3 is 2.52 bits per heavy atom. The van der Waals surface area contributed by atoms with Crippen molar-refractivity contribution in [3.63, 3.8) is 0 Å². The first-order valence-corrected chi connectivity index (χ1v) is 8.20. The van der Waals surface area contributed by atoms with Crippen LogP contribution in [0.3, 0.4) is 0 Å². The summed E-state index contributed by atoms with van der Waals surface area (Å²) in [7, 11) is 0. The molecule has 0 N–H and O–H groups in total. The maximum absolute atomic E-state index is 13.7. The van der Waals surface area contributed by atoms with Gasteiger partial charge < -0.3 is 0 Å². The van der Waals surface area contributed by atoms with Crippen LogP contribution in [0.15, 0.2) is 65.1 Å². The molecule has 3 aromatic carbocycles. The van der Waals surface area contributed by atoms with Gasteiger partial charge in [0.2, 0.25) is 0 Å². The molecule has 21 heavy (non-hydrogen) atoms. The molecule has 0 saturated carbocycles. The number of benzene rings is 3. The van der Waals surface area contributed by atoms with Gasteiger partial charge >= 0.3 is 0 Å². The van der Waals surface area contributed by atoms with E-state index in [0.717, 1.165) is 15.6 Å². The first-order chi connectivity index (χ1) is 10.2. The van der Waals surface area contributed by atoms with Gasteiger partial charge in [-0.25, -0.2) is 4.39 Å². The maximum Gasteiger partial charge on any atom is 0.124 e. The summed E-state index contributed by atoms with van der Waals surface area (Å²) in [6, 6.07) is 19.6. The lowest BCUT2D eigenvalue weighted by atomic mass is 10.0. The van der Waals surface area contributed by atoms with E-state index in [1.807, 2.05) is 12.1 Å². The molecular formula is C18H10BrFS. The van der Waals surface area contributed by atoms with Crippen LogP contribution in [0, 0.1) is 5.82 Å². The highest BCUT2D eigenvalue weighted by molar-refractivity contribution is 9.10. The van der Waals surface area contributed by atoms with Crippen molar-refractivity contribution in [2.75, 3.05) is 0 Å². The summed E-state index contributed by atoms with van der Waals surface area (Å²) in [6.45, 7) is 0. The van der Waals surface area contributed by atoms with Gasteiger partial charge in [-0.3, -0.25) is 0 Å². The average Bonchev–Trinajstić information content (AvgIpc) is 2.84. The molecule has 4 rings (SSSR count). The first-order valence-electron chi connectivity index (χ1n) is 6.59. The van der Waals surface area contributed by atoms with Crippen molar-refractivity contribution in [1.82, 2.24) is 0 Å². The fraction of sp³-hybridized carbons (Fsp3) is 0. The fourth-order valence-corrected chi connectivity index (χ4v) is 4.39. The molecule has 1 aromatic heterocycles. The van der Waals surface area contributed by atoms with E-state index < -0.39 is 0 Å². The number of hydrogen-bond acceptors (Lipinski definition) is 1. The van der Waals surface area contributed by atoms with Gasteiger partial charge in [-0.2, -0.15) is 0 Å². The van der Waals surface area contributed by atoms with Crippen LogP contribution in [0.5, 0.6) is 0 Å². The molecule has 0 spiro atoms. The molecule has 0 saturated heterocycles. The van der Waals surface area contributed by atoms with Crippen LogP contribution in [0.25, 0.3) is 31.3 Å². The van der Waals surface area contributed by atoms with Gasteiger partial charge in [0.15, 0.2) is 0 Å². The molecule has 0 fully saturated rings. The molecule has 0 radical (unpaired) electrons. The van der Waals surface area contributed by atoms with E-state index >= 15 is 0 Å². The predicted octanol–water partition coefficient (Wildman–Crippen LogP) is 6.62. The summed E-state index contributed by atoms with van der Waals surface area (Å²) >= 11 is 5.13. The Morgan fingerprint density at radius 1 is 0.857 bits per heavy atom. The lowest BCUT2D eigenvalue weighted by Gasteiger charge is -2.05. The van der Waals surface area contributed by atoms with Gasteiger partial charge in [-0.1, -0.05) is 52.3 Å². The summed E-state index contributed by atoms with van der Waals surface area (Å²) in [6.07, 6.45) is 0. The van der Waals surface area contributed by atoms with Crippen LogP contribution in [0.1, 0.15) is 0 Å². The predicted molar refractivity (Wildman–Crippen MR) is 92.4 cm³/mol. The summed E-state index contributed by atoms with van der Waals surface area (Å²) in [4.78, 5) is 0. The highest BCUT2D eigenvalue weighted by atomic mass is 79.9. The van der Waals surface area contributed by atoms with Gasteiger partial charge in [0.25, 0.3) is 0 Å². The van der Waals surface area contributed by atoms with E-state index in [2.05, 4.69) is 52.3 Å². The Bertz CT molecular complexity index is 951. The van der Waals surface area contributed by atoms with Crippen LogP contribution in [-0.2, 0) is 0 Å². The average molecular weight is 357 g/mol. The zero-order chi connectivity index (χ0) is 14.4. The Hall–Kier alpha value is -1.71. The van der Waals surface area contributed by atoms with E-state index in [0.29, 0.717) is 0 Å². The maximum atomic E-state index is 13.7. The van der Waals surface area contributed by atoms with Gasteiger partial charge in [-0.05, 0) is 35.4 Å². The summed E-state index contributed by atoms with van der Waals surface area (Å²) in [5.74, 6) is -0.225. The molecule has 0 aliphatic carbocycles. The number of rotatable bonds is 1. The highest BCUT2D eigenvalue weighted by Gasteiger charge is 2.10. The first kappa shape index (κ1) is 13.0. The van der Waals surface area contributed by atoms with E-state index in [9.17, 15) is 4.39 Å². The number of hydrogen-bond donors (Lipinski definition) is 0. The third-order valence-electron chi connectivity index (χ3n) is 3.58. The summed E-state index contributed by atoms with van der Waals surface area (Å²) in [5, 5.41) is 2.49. The topological polar surface area (TPSA) is 0 Å². The van der Waals surface area contributed by atoms with Crippen molar-refractivity contribution >= 4 is 47.4 Å². The molecule has 1 heterocycles. The van der Waals surface area contributed by atoms with Gasteiger partial charge in [0, 0.05) is 24.6 Å². The molecule has 0 nitrogen and oxygen atoms in total. The highest BCUT2D eigenvalue weighted by Crippen LogP contribution is 2.40. The Morgan fingerprint density at radius 2 is 1.67 bits per heavy atom. The van der Waals surface area contributed by atoms with E-state index in [4.69, 9.17) is 0 Å². The lowest BCUT2D eigenvalue weighted by molar-refractivity contribution is 0.627. The molecule has 0 unspecified atom stereocenters. The molecule has 0 bridgehead atoms. The molecule has 0 aliphatic heterocycles. The standard InChI is InChI=1S/C18H10BrFS/c19-12-8-11(9-13(20)10-12)14-5-3-6-16-15-4-1-2-7-17(15)21-18(14)16/h1-10H. The van der Waals surface area contributed by atoms with E-state index in [-0.39, 0.29) is 5.82 Å².